The molecule has 9 aliphatic rings. The Morgan fingerprint density at radius 3 is 1.51 bits per heavy atom. The van der Waals surface area contributed by atoms with Crippen LogP contribution in [0.1, 0.15) is 201 Å². The average Bonchev–Trinajstić information content (AvgIpc) is 1.58. The molecule has 11 rings (SSSR count). The van der Waals surface area contributed by atoms with Gasteiger partial charge in [0.1, 0.15) is 64.7 Å². The van der Waals surface area contributed by atoms with Crippen LogP contribution in [0.4, 0.5) is 19.2 Å². The van der Waals surface area contributed by atoms with Crippen molar-refractivity contribution in [2.75, 3.05) is 32.8 Å². The van der Waals surface area contributed by atoms with Crippen LogP contribution in [0.15, 0.2) is 72.8 Å². The van der Waals surface area contributed by atoms with E-state index in [0.29, 0.717) is 63.3 Å². The number of imide groups is 1. The Hall–Kier alpha value is -10.1. The fourth-order valence-corrected chi connectivity index (χ4v) is 15.1. The number of hydrogen-bond donors (Lipinski definition) is 7. The number of carboxylic acids is 1. The van der Waals surface area contributed by atoms with E-state index in [-0.39, 0.29) is 81.9 Å². The molecule has 3 saturated heterocycles. The molecule has 32 heteroatoms. The van der Waals surface area contributed by atoms with Gasteiger partial charge in [-0.3, -0.25) is 33.6 Å². The van der Waals surface area contributed by atoms with E-state index in [4.69, 9.17) is 34.3 Å². The lowest BCUT2D eigenvalue weighted by Gasteiger charge is -2.31. The lowest BCUT2D eigenvalue weighted by atomic mass is 10.0. The number of aliphatic carboxylic acids is 1. The number of nitrogens with one attached hydrogen (secondary N) is 5. The number of nitrogens with two attached hydrogens (primary N) is 1. The smallest absolute Gasteiger partial charge is 0.410 e. The van der Waals surface area contributed by atoms with Gasteiger partial charge < -0.3 is 85.5 Å². The molecule has 5 fully saturated rings. The Kier molecular flexibility index (Phi) is 29.5. The molecule has 114 heavy (non-hydrogen) atoms. The highest BCUT2D eigenvalue weighted by Gasteiger charge is 2.63. The first-order valence-electron chi connectivity index (χ1n) is 40.1. The standard InChI is InChI=1S/C38H53N5O9.C30H40N4O6.C14H22N2O6/c1-23(2)30(40-35(49)52-37(3,4)5)32(45)39-28-16-10-8-6-7-9-15-26-20-38(26,34(47)48)41-31(44)29-19-27(22-43(29)33(28)46)51-36(50)42-18-17-24-13-11-12-14-25(24)21-42;1-2-39-28(37)30-17-22(30)12-6-4-3-5-7-13-24(31)27(36)34-19-23(16-25(34)26(35)32-30)40-29(38)33-15-14-20-10-8-9-11-21(20)18-33;1-8(2)11(15-13(20)21-14(3,4)5)12(19)22-16-9(17)6-7-10(16)18/h9,11-15,23,26-30H,6-8,10,16-22H2,1-5H3,(H,39,45)(H,40,49)(H,41,44)(H,47,48);6,8-12,22-25H,2-5,7,13-19,31H2,1H3,(H,32,35);8,11H,6-7H2,1-5H3,(H,15,20)/b15-9-;12-6-;/t26-,27-,28+,29+,30-,38-;22-,23-,24+,25+,30-;11-/m111/s1. The summed E-state index contributed by atoms with van der Waals surface area (Å²) in [6.07, 6.45) is 13.0. The van der Waals surface area contributed by atoms with E-state index < -0.39 is 154 Å². The van der Waals surface area contributed by atoms with E-state index in [1.165, 1.54) is 15.4 Å². The maximum absolute atomic E-state index is 14.5. The Morgan fingerprint density at radius 2 is 1.04 bits per heavy atom. The number of hydrogen-bond acceptors (Lipinski definition) is 21. The largest absolute Gasteiger partial charge is 0.479 e. The molecule has 2 aromatic carbocycles. The van der Waals surface area contributed by atoms with Crippen LogP contribution >= 0.6 is 0 Å². The second-order valence-electron chi connectivity index (χ2n) is 33.5. The molecule has 0 bridgehead atoms. The Balaban J connectivity index is 0.000000212. The van der Waals surface area contributed by atoms with E-state index in [0.717, 1.165) is 61.6 Å². The van der Waals surface area contributed by atoms with Crippen molar-refractivity contribution in [2.45, 2.75) is 276 Å². The van der Waals surface area contributed by atoms with Crippen LogP contribution in [0, 0.1) is 23.7 Å². The van der Waals surface area contributed by atoms with Crippen molar-refractivity contribution < 1.29 is 101 Å². The molecule has 7 aliphatic heterocycles. The number of allylic oxidation sites excluding steroid dienone is 2. The predicted molar refractivity (Wildman–Crippen MR) is 412 cm³/mol. The van der Waals surface area contributed by atoms with Crippen molar-refractivity contribution in [3.05, 3.63) is 95.1 Å². The average molecular weight is 1590 g/mol. The first kappa shape index (κ1) is 87.8. The van der Waals surface area contributed by atoms with Gasteiger partial charge in [0.25, 0.3) is 11.8 Å². The summed E-state index contributed by atoms with van der Waals surface area (Å²) >= 11 is 0. The molecule has 0 aromatic heterocycles. The van der Waals surface area contributed by atoms with E-state index >= 15 is 0 Å². The third-order valence-electron chi connectivity index (χ3n) is 21.6. The number of carbonyl (C=O) groups is 14. The summed E-state index contributed by atoms with van der Waals surface area (Å²) in [5, 5.41) is 24.1. The van der Waals surface area contributed by atoms with E-state index in [2.05, 4.69) is 38.7 Å². The molecule has 624 valence electrons. The summed E-state index contributed by atoms with van der Waals surface area (Å²) in [5.74, 6) is -7.47. The molecule has 0 radical (unpaired) electrons. The molecule has 0 unspecified atom stereocenters. The zero-order chi connectivity index (χ0) is 83.1. The second-order valence-corrected chi connectivity index (χ2v) is 33.5. The lowest BCUT2D eigenvalue weighted by molar-refractivity contribution is -0.199. The van der Waals surface area contributed by atoms with Crippen molar-refractivity contribution in [3.8, 4) is 0 Å². The fraction of sp³-hybridized carbons (Fsp3) is 0.634. The van der Waals surface area contributed by atoms with Crippen molar-refractivity contribution in [2.24, 2.45) is 29.4 Å². The molecule has 2 saturated carbocycles. The minimum atomic E-state index is -1.50. The topological polar surface area (TPSA) is 417 Å². The zero-order valence-electron chi connectivity index (χ0n) is 67.5. The fourth-order valence-electron chi connectivity index (χ4n) is 15.1. The zero-order valence-corrected chi connectivity index (χ0v) is 67.5. The predicted octanol–water partition coefficient (Wildman–Crippen LogP) is 7.24. The van der Waals surface area contributed by atoms with Gasteiger partial charge in [0.05, 0.1) is 25.7 Å². The van der Waals surface area contributed by atoms with Crippen LogP contribution in [0.2, 0.25) is 0 Å². The summed E-state index contributed by atoms with van der Waals surface area (Å²) in [6, 6.07) is 9.94. The molecule has 2 aliphatic carbocycles. The molecular weight excluding hydrogens is 1470 g/mol. The quantitative estimate of drug-likeness (QED) is 0.0449. The molecule has 7 heterocycles. The monoisotopic (exact) mass is 1590 g/mol. The van der Waals surface area contributed by atoms with Crippen molar-refractivity contribution in [3.63, 3.8) is 0 Å². The Labute approximate surface area is 665 Å². The van der Waals surface area contributed by atoms with Gasteiger partial charge in [-0.2, -0.15) is 0 Å². The number of carbonyl (C=O) groups excluding carboxylic acids is 13. The van der Waals surface area contributed by atoms with Crippen LogP contribution in [-0.4, -0.2) is 217 Å². The highest BCUT2D eigenvalue weighted by molar-refractivity contribution is 6.02. The molecule has 0 spiro atoms. The van der Waals surface area contributed by atoms with Gasteiger partial charge in [-0.1, -0.05) is 126 Å². The second kappa shape index (κ2) is 38.3. The number of nitrogens with zero attached hydrogens (tertiary/aromatic N) is 5. The van der Waals surface area contributed by atoms with Gasteiger partial charge in [-0.15, -0.1) is 5.06 Å². The lowest BCUT2D eigenvalue weighted by Crippen LogP contribution is -2.59. The summed E-state index contributed by atoms with van der Waals surface area (Å²) in [5.41, 5.74) is 6.64. The van der Waals surface area contributed by atoms with Gasteiger partial charge >= 0.3 is 42.3 Å². The molecular formula is C82H115N11O21. The number of rotatable bonds is 13. The minimum absolute atomic E-state index is 0.0119. The number of carboxylic acid groups (broad SMARTS) is 1. The maximum Gasteiger partial charge on any atom is 0.410 e. The number of hydroxylamine groups is 2. The van der Waals surface area contributed by atoms with Gasteiger partial charge in [0.15, 0.2) is 0 Å². The van der Waals surface area contributed by atoms with Gasteiger partial charge in [0.2, 0.25) is 29.5 Å². The van der Waals surface area contributed by atoms with Crippen LogP contribution in [0.5, 0.6) is 0 Å². The third kappa shape index (κ3) is 23.1. The number of alkyl carbamates (subject to hydrolysis) is 2. The van der Waals surface area contributed by atoms with Gasteiger partial charge in [0, 0.05) is 63.7 Å². The molecule has 12 atom stereocenters. The Bertz CT molecular complexity index is 3950. The molecule has 2 aromatic rings. The summed E-state index contributed by atoms with van der Waals surface area (Å²) in [7, 11) is 0. The van der Waals surface area contributed by atoms with E-state index in [1.807, 2.05) is 60.7 Å². The Morgan fingerprint density at radius 1 is 0.588 bits per heavy atom. The number of fused-ring (bicyclic) bond motifs is 6. The molecule has 11 amide bonds. The number of ether oxygens (including phenoxy) is 5. The van der Waals surface area contributed by atoms with Gasteiger partial charge in [-0.25, -0.2) is 33.6 Å². The van der Waals surface area contributed by atoms with E-state index in [1.54, 1.807) is 86.0 Å². The van der Waals surface area contributed by atoms with Crippen LogP contribution in [0.25, 0.3) is 0 Å². The third-order valence-corrected chi connectivity index (χ3v) is 21.6. The van der Waals surface area contributed by atoms with Crippen LogP contribution in [0.3, 0.4) is 0 Å². The maximum atomic E-state index is 14.5. The minimum Gasteiger partial charge on any atom is -0.479 e. The summed E-state index contributed by atoms with van der Waals surface area (Å²) in [6.45, 7) is 20.8. The number of esters is 1. The molecule has 8 N–H and O–H groups in total. The SMILES string of the molecule is CC(C)[C@@H](NC(=O)OC(C)(C)C)C(=O)N[C@H]1CCCCC/C=C\[C@@H]2C[C@@]2(C(=O)O)NC(=O)[C@@H]2C[C@@H](OC(=O)N3CCc4ccccc4C3)CN2C1=O.CC(C)[C@@H](NC(=O)OC(C)(C)C)C(=O)ON1C(=O)CCC1=O.CCOC(=O)[C@@]12C[C@H]1/C=C\CCCCC[C@H](N)C(=O)N1C[C@H](OC(=O)N3CCc4ccccc4C3)C[C@H]1C(=O)N2. The first-order valence-corrected chi connectivity index (χ1v) is 40.1. The van der Waals surface area contributed by atoms with Crippen molar-refractivity contribution in [1.82, 2.24) is 51.2 Å². The highest BCUT2D eigenvalue weighted by atomic mass is 16.7. The summed E-state index contributed by atoms with van der Waals surface area (Å²) in [4.78, 5) is 191. The van der Waals surface area contributed by atoms with Crippen LogP contribution < -0.4 is 32.3 Å². The van der Waals surface area contributed by atoms with Crippen molar-refractivity contribution in [1.29, 1.82) is 0 Å². The van der Waals surface area contributed by atoms with Crippen molar-refractivity contribution >= 4 is 83.6 Å². The molecule has 32 nitrogen and oxygen atoms in total. The highest BCUT2D eigenvalue weighted by Crippen LogP contribution is 2.47. The summed E-state index contributed by atoms with van der Waals surface area (Å²) < 4.78 is 27.5. The first-order chi connectivity index (χ1) is 53.9. The number of benzene rings is 2. The normalized spacial score (nSPS) is 26.9. The van der Waals surface area contributed by atoms with Crippen LogP contribution in [-0.2, 0) is 102 Å². The van der Waals surface area contributed by atoms with E-state index in [9.17, 15) is 72.2 Å². The number of amides is 11. The van der Waals surface area contributed by atoms with Gasteiger partial charge in [-0.05, 0) is 147 Å².